The van der Waals surface area contributed by atoms with Crippen LogP contribution in [0.25, 0.3) is 64.7 Å². The largest absolute Gasteiger partial charge is 0.310 e. The van der Waals surface area contributed by atoms with Gasteiger partial charge in [-0.3, -0.25) is 0 Å². The second-order valence-corrected chi connectivity index (χ2v) is 15.7. The van der Waals surface area contributed by atoms with Gasteiger partial charge in [0, 0.05) is 42.6 Å². The Labute approximate surface area is 315 Å². The lowest BCUT2D eigenvalue weighted by Gasteiger charge is -2.28. The summed E-state index contributed by atoms with van der Waals surface area (Å²) in [4.78, 5) is 2.38. The van der Waals surface area contributed by atoms with Crippen molar-refractivity contribution in [3.05, 3.63) is 199 Å². The lowest BCUT2D eigenvalue weighted by molar-refractivity contribution is 0.660. The number of hydrogen-bond acceptors (Lipinski definition) is 2. The van der Waals surface area contributed by atoms with Crippen molar-refractivity contribution in [1.29, 1.82) is 0 Å². The van der Waals surface area contributed by atoms with Crippen molar-refractivity contribution in [2.75, 3.05) is 4.90 Å². The van der Waals surface area contributed by atoms with E-state index in [4.69, 9.17) is 0 Å². The van der Waals surface area contributed by atoms with E-state index in [1.165, 1.54) is 75.8 Å². The molecule has 1 nitrogen and oxygen atoms in total. The first-order valence-electron chi connectivity index (χ1n) is 18.3. The van der Waals surface area contributed by atoms with Gasteiger partial charge in [-0.2, -0.15) is 0 Å². The predicted molar refractivity (Wildman–Crippen MR) is 228 cm³/mol. The smallest absolute Gasteiger partial charge is 0.0465 e. The van der Waals surface area contributed by atoms with Crippen molar-refractivity contribution in [1.82, 2.24) is 0 Å². The molecule has 9 aromatic rings. The zero-order chi connectivity index (χ0) is 35.5. The monoisotopic (exact) mass is 695 g/mol. The van der Waals surface area contributed by atoms with Gasteiger partial charge >= 0.3 is 0 Å². The molecular formula is C51H37NS. The maximum Gasteiger partial charge on any atom is 0.0465 e. The number of thiophene rings is 1. The van der Waals surface area contributed by atoms with Crippen LogP contribution in [0.2, 0.25) is 0 Å². The van der Waals surface area contributed by atoms with E-state index in [1.807, 2.05) is 11.3 Å². The molecule has 0 atom stereocenters. The average Bonchev–Trinajstić information content (AvgIpc) is 3.70. The molecule has 0 radical (unpaired) electrons. The summed E-state index contributed by atoms with van der Waals surface area (Å²) in [7, 11) is 0. The highest BCUT2D eigenvalue weighted by atomic mass is 32.1. The van der Waals surface area contributed by atoms with Crippen LogP contribution < -0.4 is 4.90 Å². The first kappa shape index (κ1) is 31.5. The van der Waals surface area contributed by atoms with Gasteiger partial charge in [-0.05, 0) is 116 Å². The van der Waals surface area contributed by atoms with E-state index in [0.29, 0.717) is 0 Å². The van der Waals surface area contributed by atoms with Gasteiger partial charge < -0.3 is 4.90 Å². The lowest BCUT2D eigenvalue weighted by Crippen LogP contribution is -2.16. The molecule has 0 bridgehead atoms. The van der Waals surface area contributed by atoms with Crippen LogP contribution in [0.5, 0.6) is 0 Å². The molecule has 1 aliphatic carbocycles. The van der Waals surface area contributed by atoms with Gasteiger partial charge in [-0.25, -0.2) is 0 Å². The van der Waals surface area contributed by atoms with Gasteiger partial charge in [0.05, 0.1) is 0 Å². The van der Waals surface area contributed by atoms with Crippen molar-refractivity contribution in [3.63, 3.8) is 0 Å². The molecular weight excluding hydrogens is 659 g/mol. The molecule has 0 saturated heterocycles. The summed E-state index contributed by atoms with van der Waals surface area (Å²) < 4.78 is 2.68. The third-order valence-corrected chi connectivity index (χ3v) is 12.2. The summed E-state index contributed by atoms with van der Waals surface area (Å²) >= 11 is 1.86. The van der Waals surface area contributed by atoms with Gasteiger partial charge in [0.25, 0.3) is 0 Å². The normalized spacial score (nSPS) is 12.9. The average molecular weight is 696 g/mol. The molecule has 53 heavy (non-hydrogen) atoms. The number of benzene rings is 8. The molecule has 1 aromatic heterocycles. The van der Waals surface area contributed by atoms with Crippen molar-refractivity contribution in [2.45, 2.75) is 19.3 Å². The Morgan fingerprint density at radius 3 is 1.57 bits per heavy atom. The highest BCUT2D eigenvalue weighted by molar-refractivity contribution is 7.25. The van der Waals surface area contributed by atoms with Gasteiger partial charge in [0.1, 0.15) is 0 Å². The van der Waals surface area contributed by atoms with Gasteiger partial charge in [0.2, 0.25) is 0 Å². The summed E-state index contributed by atoms with van der Waals surface area (Å²) in [6.45, 7) is 4.73. The van der Waals surface area contributed by atoms with E-state index in [1.54, 1.807) is 0 Å². The Morgan fingerprint density at radius 1 is 0.358 bits per heavy atom. The number of anilines is 3. The molecule has 2 heteroatoms. The summed E-state index contributed by atoms with van der Waals surface area (Å²) in [6, 6.07) is 69.0. The standard InChI is InChI=1S/C51H37NS/c1-51(2)47-32-39(34-11-5-3-6-12-34)23-28-43(47)44-29-27-42(33-48(44)51)52(40-13-7-4-8-14-40)41-25-21-36(22-26-41)35-17-19-37(20-18-35)38-24-30-50-46(31-38)45-15-9-10-16-49(45)53-50/h3-33H,1-2H3. The Kier molecular flexibility index (Phi) is 7.42. The van der Waals surface area contributed by atoms with Crippen LogP contribution in [0.3, 0.4) is 0 Å². The fraction of sp³-hybridized carbons (Fsp3) is 0.0588. The van der Waals surface area contributed by atoms with Crippen LogP contribution in [0.4, 0.5) is 17.1 Å². The van der Waals surface area contributed by atoms with Crippen LogP contribution >= 0.6 is 11.3 Å². The fourth-order valence-electron chi connectivity index (χ4n) is 8.26. The van der Waals surface area contributed by atoms with E-state index in [-0.39, 0.29) is 5.41 Å². The lowest BCUT2D eigenvalue weighted by atomic mass is 9.81. The second-order valence-electron chi connectivity index (χ2n) is 14.6. The molecule has 0 amide bonds. The molecule has 1 heterocycles. The van der Waals surface area contributed by atoms with Crippen molar-refractivity contribution >= 4 is 48.6 Å². The third-order valence-electron chi connectivity index (χ3n) is 11.1. The molecule has 0 aliphatic heterocycles. The fourth-order valence-corrected chi connectivity index (χ4v) is 9.35. The number of rotatable bonds is 6. The number of fused-ring (bicyclic) bond motifs is 6. The number of nitrogens with zero attached hydrogens (tertiary/aromatic N) is 1. The van der Waals surface area contributed by atoms with Crippen LogP contribution in [0.15, 0.2) is 188 Å². The van der Waals surface area contributed by atoms with Gasteiger partial charge in [0.15, 0.2) is 0 Å². The minimum absolute atomic E-state index is 0.132. The Hall–Kier alpha value is -6.22. The van der Waals surface area contributed by atoms with E-state index in [2.05, 4.69) is 207 Å². The van der Waals surface area contributed by atoms with E-state index < -0.39 is 0 Å². The molecule has 0 spiro atoms. The molecule has 252 valence electrons. The molecule has 0 saturated carbocycles. The first-order chi connectivity index (χ1) is 26.0. The maximum atomic E-state index is 2.41. The van der Waals surface area contributed by atoms with Crippen molar-refractivity contribution < 1.29 is 0 Å². The summed E-state index contributed by atoms with van der Waals surface area (Å²) in [5, 5.41) is 2.67. The van der Waals surface area contributed by atoms with E-state index >= 15 is 0 Å². The molecule has 8 aromatic carbocycles. The molecule has 1 aliphatic rings. The predicted octanol–water partition coefficient (Wildman–Crippen LogP) is 14.8. The zero-order valence-corrected chi connectivity index (χ0v) is 30.6. The Morgan fingerprint density at radius 2 is 0.830 bits per heavy atom. The minimum atomic E-state index is -0.132. The topological polar surface area (TPSA) is 3.24 Å². The van der Waals surface area contributed by atoms with Crippen molar-refractivity contribution in [3.8, 4) is 44.5 Å². The Balaban J connectivity index is 0.969. The van der Waals surface area contributed by atoms with E-state index in [0.717, 1.165) is 17.1 Å². The van der Waals surface area contributed by atoms with Gasteiger partial charge in [-0.15, -0.1) is 11.3 Å². The SMILES string of the molecule is CC1(C)c2cc(-c3ccccc3)ccc2-c2ccc(N(c3ccccc3)c3ccc(-c4ccc(-c5ccc6sc7ccccc7c6c5)cc4)cc3)cc21. The van der Waals surface area contributed by atoms with Gasteiger partial charge in [-0.1, -0.05) is 141 Å². The third kappa shape index (κ3) is 5.37. The molecule has 0 fully saturated rings. The molecule has 0 unspecified atom stereocenters. The van der Waals surface area contributed by atoms with E-state index in [9.17, 15) is 0 Å². The number of para-hydroxylation sites is 1. The quantitative estimate of drug-likeness (QED) is 0.167. The highest BCUT2D eigenvalue weighted by Crippen LogP contribution is 2.51. The zero-order valence-electron chi connectivity index (χ0n) is 29.8. The first-order valence-corrected chi connectivity index (χ1v) is 19.2. The maximum absolute atomic E-state index is 2.41. The summed E-state index contributed by atoms with van der Waals surface area (Å²) in [6.07, 6.45) is 0. The molecule has 10 rings (SSSR count). The van der Waals surface area contributed by atoms with Crippen LogP contribution in [0.1, 0.15) is 25.0 Å². The Bertz CT molecular complexity index is 2780. The second kappa shape index (κ2) is 12.5. The van der Waals surface area contributed by atoms with Crippen molar-refractivity contribution in [2.24, 2.45) is 0 Å². The van der Waals surface area contributed by atoms with Crippen LogP contribution in [0, 0.1) is 0 Å². The van der Waals surface area contributed by atoms with Crippen LogP contribution in [-0.2, 0) is 5.41 Å². The minimum Gasteiger partial charge on any atom is -0.310 e. The summed E-state index contributed by atoms with van der Waals surface area (Å²) in [5.74, 6) is 0. The number of hydrogen-bond donors (Lipinski definition) is 0. The summed E-state index contributed by atoms with van der Waals surface area (Å²) in [5.41, 5.74) is 16.1. The highest BCUT2D eigenvalue weighted by Gasteiger charge is 2.36. The van der Waals surface area contributed by atoms with Crippen LogP contribution in [-0.4, -0.2) is 0 Å². The molecule has 0 N–H and O–H groups in total.